The Kier molecular flexibility index (Phi) is 4.51. The lowest BCUT2D eigenvalue weighted by atomic mass is 10.1. The molecule has 108 valence electrons. The molecular formula is C12H23N5O2. The molecule has 1 aromatic heterocycles. The maximum absolute atomic E-state index is 9.41. The van der Waals surface area contributed by atoms with Gasteiger partial charge >= 0.3 is 0 Å². The molecule has 2 rings (SSSR count). The molecule has 1 aromatic rings. The first-order valence-electron chi connectivity index (χ1n) is 6.62. The fourth-order valence-corrected chi connectivity index (χ4v) is 2.22. The molecule has 3 N–H and O–H groups in total. The number of hydrogen-bond acceptors (Lipinski definition) is 7. The number of hydrogen-bond donors (Lipinski definition) is 2. The zero-order valence-corrected chi connectivity index (χ0v) is 11.8. The standard InChI is InChI=1S/C12H23N5O2/c1-8(18)11(13)12-14-10(15-19-12)6-9-7-16(2)4-5-17(9)3/h8-9,11,18H,4-7,13H2,1-3H3/t8-,9?,11+/m1/s1. The molecule has 1 unspecified atom stereocenters. The fourth-order valence-electron chi connectivity index (χ4n) is 2.22. The van der Waals surface area contributed by atoms with E-state index in [4.69, 9.17) is 10.3 Å². The summed E-state index contributed by atoms with van der Waals surface area (Å²) in [6.45, 7) is 4.72. The van der Waals surface area contributed by atoms with Gasteiger partial charge in [-0.25, -0.2) is 0 Å². The second-order valence-corrected chi connectivity index (χ2v) is 5.42. The van der Waals surface area contributed by atoms with Gasteiger partial charge in [-0.2, -0.15) is 4.98 Å². The minimum atomic E-state index is -0.697. The Morgan fingerprint density at radius 1 is 1.47 bits per heavy atom. The molecule has 1 saturated heterocycles. The maximum atomic E-state index is 9.41. The number of aliphatic hydroxyl groups excluding tert-OH is 1. The average molecular weight is 269 g/mol. The van der Waals surface area contributed by atoms with Gasteiger partial charge in [0, 0.05) is 32.1 Å². The minimum Gasteiger partial charge on any atom is -0.391 e. The van der Waals surface area contributed by atoms with Crippen molar-refractivity contribution in [1.29, 1.82) is 0 Å². The lowest BCUT2D eigenvalue weighted by Gasteiger charge is -2.37. The molecule has 19 heavy (non-hydrogen) atoms. The van der Waals surface area contributed by atoms with Crippen LogP contribution in [0, 0.1) is 0 Å². The van der Waals surface area contributed by atoms with Crippen LogP contribution in [0.5, 0.6) is 0 Å². The summed E-state index contributed by atoms with van der Waals surface area (Å²) < 4.78 is 5.11. The zero-order chi connectivity index (χ0) is 14.0. The zero-order valence-electron chi connectivity index (χ0n) is 11.8. The summed E-state index contributed by atoms with van der Waals surface area (Å²) in [5, 5.41) is 13.4. The molecule has 0 bridgehead atoms. The number of piperazine rings is 1. The largest absolute Gasteiger partial charge is 0.391 e. The van der Waals surface area contributed by atoms with E-state index in [1.165, 1.54) is 0 Å². The number of nitrogens with zero attached hydrogens (tertiary/aromatic N) is 4. The van der Waals surface area contributed by atoms with Crippen molar-refractivity contribution in [3.63, 3.8) is 0 Å². The van der Waals surface area contributed by atoms with Crippen LogP contribution in [0.4, 0.5) is 0 Å². The number of likely N-dealkylation sites (N-methyl/N-ethyl adjacent to an activating group) is 2. The quantitative estimate of drug-likeness (QED) is 0.742. The van der Waals surface area contributed by atoms with Crippen molar-refractivity contribution in [2.24, 2.45) is 5.73 Å². The van der Waals surface area contributed by atoms with E-state index in [0.29, 0.717) is 17.8 Å². The van der Waals surface area contributed by atoms with E-state index >= 15 is 0 Å². The van der Waals surface area contributed by atoms with E-state index in [2.05, 4.69) is 34.0 Å². The first-order valence-corrected chi connectivity index (χ1v) is 6.62. The van der Waals surface area contributed by atoms with Crippen LogP contribution in [0.1, 0.15) is 24.7 Å². The van der Waals surface area contributed by atoms with E-state index < -0.39 is 12.1 Å². The van der Waals surface area contributed by atoms with Crippen LogP contribution in [0.3, 0.4) is 0 Å². The average Bonchev–Trinajstić information content (AvgIpc) is 2.81. The summed E-state index contributed by atoms with van der Waals surface area (Å²) in [7, 11) is 4.23. The van der Waals surface area contributed by atoms with Crippen molar-refractivity contribution in [3.8, 4) is 0 Å². The number of nitrogens with two attached hydrogens (primary N) is 1. The van der Waals surface area contributed by atoms with E-state index in [9.17, 15) is 5.11 Å². The van der Waals surface area contributed by atoms with Gasteiger partial charge in [-0.05, 0) is 21.0 Å². The molecule has 1 aliphatic rings. The maximum Gasteiger partial charge on any atom is 0.246 e. The van der Waals surface area contributed by atoms with Gasteiger partial charge < -0.3 is 25.2 Å². The van der Waals surface area contributed by atoms with Crippen molar-refractivity contribution < 1.29 is 9.63 Å². The van der Waals surface area contributed by atoms with Gasteiger partial charge in [0.05, 0.1) is 6.10 Å². The summed E-state index contributed by atoms with van der Waals surface area (Å²) >= 11 is 0. The summed E-state index contributed by atoms with van der Waals surface area (Å²) in [5.74, 6) is 0.954. The summed E-state index contributed by atoms with van der Waals surface area (Å²) in [4.78, 5) is 8.89. The van der Waals surface area contributed by atoms with Crippen molar-refractivity contribution in [2.45, 2.75) is 31.5 Å². The van der Waals surface area contributed by atoms with Crippen LogP contribution in [-0.2, 0) is 6.42 Å². The Balaban J connectivity index is 1.99. The van der Waals surface area contributed by atoms with Gasteiger partial charge in [-0.1, -0.05) is 5.16 Å². The van der Waals surface area contributed by atoms with Crippen LogP contribution in [-0.4, -0.2) is 70.9 Å². The first-order chi connectivity index (χ1) is 8.97. The molecule has 1 aliphatic heterocycles. The van der Waals surface area contributed by atoms with Crippen molar-refractivity contribution in [3.05, 3.63) is 11.7 Å². The highest BCUT2D eigenvalue weighted by Gasteiger charge is 2.25. The van der Waals surface area contributed by atoms with Crippen LogP contribution in [0.15, 0.2) is 4.52 Å². The Morgan fingerprint density at radius 3 is 2.89 bits per heavy atom. The molecule has 0 amide bonds. The molecular weight excluding hydrogens is 246 g/mol. The summed E-state index contributed by atoms with van der Waals surface area (Å²) in [6.07, 6.45) is 0.0356. The molecule has 7 heteroatoms. The predicted octanol–water partition coefficient (Wildman–Crippen LogP) is -0.761. The predicted molar refractivity (Wildman–Crippen MR) is 70.5 cm³/mol. The van der Waals surface area contributed by atoms with E-state index in [-0.39, 0.29) is 0 Å². The highest BCUT2D eigenvalue weighted by Crippen LogP contribution is 2.14. The monoisotopic (exact) mass is 269 g/mol. The molecule has 3 atom stereocenters. The molecule has 7 nitrogen and oxygen atoms in total. The summed E-state index contributed by atoms with van der Waals surface area (Å²) in [6, 6.07) is -0.236. The topological polar surface area (TPSA) is 91.7 Å². The van der Waals surface area contributed by atoms with E-state index in [0.717, 1.165) is 26.1 Å². The van der Waals surface area contributed by atoms with Crippen molar-refractivity contribution >= 4 is 0 Å². The highest BCUT2D eigenvalue weighted by molar-refractivity contribution is 4.97. The van der Waals surface area contributed by atoms with Crippen LogP contribution in [0.2, 0.25) is 0 Å². The smallest absolute Gasteiger partial charge is 0.246 e. The Bertz CT molecular complexity index is 409. The lowest BCUT2D eigenvalue weighted by Crippen LogP contribution is -2.50. The molecule has 0 radical (unpaired) electrons. The minimum absolute atomic E-state index is 0.303. The van der Waals surface area contributed by atoms with Crippen molar-refractivity contribution in [2.75, 3.05) is 33.7 Å². The third-order valence-electron chi connectivity index (χ3n) is 3.69. The molecule has 0 spiro atoms. The highest BCUT2D eigenvalue weighted by atomic mass is 16.5. The Morgan fingerprint density at radius 2 is 2.21 bits per heavy atom. The Labute approximate surface area is 113 Å². The second-order valence-electron chi connectivity index (χ2n) is 5.42. The fraction of sp³-hybridized carbons (Fsp3) is 0.833. The van der Waals surface area contributed by atoms with Crippen LogP contribution >= 0.6 is 0 Å². The van der Waals surface area contributed by atoms with Crippen molar-refractivity contribution in [1.82, 2.24) is 19.9 Å². The van der Waals surface area contributed by atoms with Crippen LogP contribution < -0.4 is 5.73 Å². The van der Waals surface area contributed by atoms with Gasteiger partial charge in [0.25, 0.3) is 0 Å². The molecule has 1 fully saturated rings. The van der Waals surface area contributed by atoms with Gasteiger partial charge in [-0.15, -0.1) is 0 Å². The summed E-state index contributed by atoms with van der Waals surface area (Å²) in [5.41, 5.74) is 5.77. The third-order valence-corrected chi connectivity index (χ3v) is 3.69. The molecule has 2 heterocycles. The Hall–Kier alpha value is -1.02. The molecule has 0 aliphatic carbocycles. The van der Waals surface area contributed by atoms with E-state index in [1.54, 1.807) is 6.92 Å². The van der Waals surface area contributed by atoms with Gasteiger partial charge in [0.15, 0.2) is 5.82 Å². The third kappa shape index (κ3) is 3.50. The number of rotatable bonds is 4. The van der Waals surface area contributed by atoms with Gasteiger partial charge in [0.2, 0.25) is 5.89 Å². The first kappa shape index (κ1) is 14.4. The van der Waals surface area contributed by atoms with Gasteiger partial charge in [-0.3, -0.25) is 0 Å². The molecule has 0 saturated carbocycles. The SMILES string of the molecule is C[C@@H](O)[C@H](N)c1nc(CC2CN(C)CCN2C)no1. The van der Waals surface area contributed by atoms with Crippen LogP contribution in [0.25, 0.3) is 0 Å². The number of aliphatic hydroxyl groups is 1. The molecule has 0 aromatic carbocycles. The second kappa shape index (κ2) is 5.96. The van der Waals surface area contributed by atoms with E-state index in [1.807, 2.05) is 0 Å². The normalized spacial score (nSPS) is 25.4. The number of aromatic nitrogens is 2. The van der Waals surface area contributed by atoms with Gasteiger partial charge in [0.1, 0.15) is 6.04 Å². The lowest BCUT2D eigenvalue weighted by molar-refractivity contribution is 0.113.